The molecule has 0 radical (unpaired) electrons. The Balaban J connectivity index is 2.24. The largest absolute Gasteiger partial charge is 0.508 e. The summed E-state index contributed by atoms with van der Waals surface area (Å²) in [6.07, 6.45) is -4.45. The van der Waals surface area contributed by atoms with Crippen molar-refractivity contribution < 1.29 is 23.1 Å². The molecule has 1 rings (SSSR count). The molecule has 0 aromatic heterocycles. The molecule has 1 amide bonds. The highest BCUT2D eigenvalue weighted by atomic mass is 19.4. The van der Waals surface area contributed by atoms with E-state index in [0.29, 0.717) is 6.42 Å². The number of benzene rings is 1. The van der Waals surface area contributed by atoms with Gasteiger partial charge in [0.15, 0.2) is 0 Å². The molecule has 0 aliphatic heterocycles. The lowest BCUT2D eigenvalue weighted by atomic mass is 10.1. The summed E-state index contributed by atoms with van der Waals surface area (Å²) in [6, 6.07) is 5.54. The Morgan fingerprint density at radius 3 is 2.43 bits per heavy atom. The number of carbonyl (C=O) groups excluding carboxylic acids is 1. The number of halogens is 3. The molecule has 7 heteroatoms. The van der Waals surface area contributed by atoms with Gasteiger partial charge in [-0.3, -0.25) is 4.79 Å². The summed E-state index contributed by atoms with van der Waals surface area (Å²) in [6.45, 7) is 0.179. The van der Waals surface area contributed by atoms with Gasteiger partial charge in [-0.15, -0.1) is 0 Å². The fourth-order valence-electron chi connectivity index (χ4n) is 1.77. The summed E-state index contributed by atoms with van der Waals surface area (Å²) in [5, 5.41) is 11.7. The van der Waals surface area contributed by atoms with E-state index in [2.05, 4.69) is 5.32 Å². The number of phenolic OH excluding ortho intramolecular Hbond substituents is 1. The lowest BCUT2D eigenvalue weighted by Crippen LogP contribution is -2.42. The smallest absolute Gasteiger partial charge is 0.389 e. The second-order valence-electron chi connectivity index (χ2n) is 4.84. The highest BCUT2D eigenvalue weighted by Crippen LogP contribution is 2.21. The second kappa shape index (κ2) is 7.87. The topological polar surface area (TPSA) is 75.3 Å². The molecule has 0 heterocycles. The number of nitrogens with two attached hydrogens (primary N) is 1. The van der Waals surface area contributed by atoms with Crippen LogP contribution in [0, 0.1) is 0 Å². The van der Waals surface area contributed by atoms with Crippen LogP contribution in [-0.2, 0) is 11.2 Å². The summed E-state index contributed by atoms with van der Waals surface area (Å²) in [5.74, 6) is -0.267. The molecule has 1 atom stereocenters. The van der Waals surface area contributed by atoms with E-state index in [1.807, 2.05) is 0 Å². The summed E-state index contributed by atoms with van der Waals surface area (Å²) >= 11 is 0. The average molecular weight is 304 g/mol. The van der Waals surface area contributed by atoms with E-state index < -0.39 is 24.5 Å². The predicted octanol–water partition coefficient (Wildman–Crippen LogP) is 2.11. The first-order chi connectivity index (χ1) is 9.78. The van der Waals surface area contributed by atoms with Crippen molar-refractivity contribution in [3.8, 4) is 5.75 Å². The van der Waals surface area contributed by atoms with Gasteiger partial charge in [0.25, 0.3) is 0 Å². The maximum absolute atomic E-state index is 11.9. The highest BCUT2D eigenvalue weighted by Gasteiger charge is 2.25. The van der Waals surface area contributed by atoms with E-state index in [-0.39, 0.29) is 25.1 Å². The number of hydrogen-bond donors (Lipinski definition) is 3. The van der Waals surface area contributed by atoms with Crippen LogP contribution in [0.5, 0.6) is 5.75 Å². The number of rotatable bonds is 7. The Kier molecular flexibility index (Phi) is 6.48. The zero-order valence-corrected chi connectivity index (χ0v) is 11.5. The van der Waals surface area contributed by atoms with Crippen molar-refractivity contribution in [2.75, 3.05) is 6.54 Å². The maximum atomic E-state index is 11.9. The third-order valence-electron chi connectivity index (χ3n) is 2.91. The number of alkyl halides is 3. The Bertz CT molecular complexity index is 447. The molecule has 1 aromatic rings. The second-order valence-corrected chi connectivity index (χ2v) is 4.84. The minimum absolute atomic E-state index is 0.0169. The molecule has 4 N–H and O–H groups in total. The molecule has 118 valence electrons. The summed E-state index contributed by atoms with van der Waals surface area (Å²) in [5.41, 5.74) is 6.52. The average Bonchev–Trinajstić information content (AvgIpc) is 2.39. The van der Waals surface area contributed by atoms with Crippen LogP contribution >= 0.6 is 0 Å². The molecule has 0 fully saturated rings. The fraction of sp³-hybridized carbons (Fsp3) is 0.500. The van der Waals surface area contributed by atoms with Crippen molar-refractivity contribution in [2.45, 2.75) is 37.9 Å². The molecule has 0 aliphatic carbocycles. The molecule has 0 saturated heterocycles. The van der Waals surface area contributed by atoms with E-state index in [9.17, 15) is 18.0 Å². The van der Waals surface area contributed by atoms with E-state index in [1.165, 1.54) is 12.1 Å². The molecule has 0 saturated carbocycles. The normalized spacial score (nSPS) is 13.0. The summed E-state index contributed by atoms with van der Waals surface area (Å²) < 4.78 is 35.7. The zero-order valence-electron chi connectivity index (χ0n) is 11.5. The van der Waals surface area contributed by atoms with E-state index in [1.54, 1.807) is 12.1 Å². The van der Waals surface area contributed by atoms with Gasteiger partial charge >= 0.3 is 6.18 Å². The minimum atomic E-state index is -4.15. The lowest BCUT2D eigenvalue weighted by molar-refractivity contribution is -0.135. The van der Waals surface area contributed by atoms with Gasteiger partial charge in [0.2, 0.25) is 5.91 Å². The molecule has 1 unspecified atom stereocenters. The van der Waals surface area contributed by atoms with Gasteiger partial charge < -0.3 is 16.2 Å². The number of hydrogen-bond acceptors (Lipinski definition) is 3. The van der Waals surface area contributed by atoms with Crippen LogP contribution in [0.25, 0.3) is 0 Å². The third kappa shape index (κ3) is 7.55. The monoisotopic (exact) mass is 304 g/mol. The number of carbonyl (C=O) groups is 1. The number of nitrogens with one attached hydrogen (secondary N) is 1. The van der Waals surface area contributed by atoms with E-state index in [0.717, 1.165) is 5.56 Å². The van der Waals surface area contributed by atoms with Gasteiger partial charge in [-0.1, -0.05) is 12.1 Å². The molecule has 0 spiro atoms. The molecular formula is C14H19F3N2O2. The molecule has 21 heavy (non-hydrogen) atoms. The van der Waals surface area contributed by atoms with Crippen molar-refractivity contribution >= 4 is 5.91 Å². The predicted molar refractivity (Wildman–Crippen MR) is 72.7 cm³/mol. The van der Waals surface area contributed by atoms with E-state index in [4.69, 9.17) is 10.8 Å². The Morgan fingerprint density at radius 1 is 1.24 bits per heavy atom. The van der Waals surface area contributed by atoms with Crippen molar-refractivity contribution in [3.05, 3.63) is 29.8 Å². The van der Waals surface area contributed by atoms with E-state index >= 15 is 0 Å². The van der Waals surface area contributed by atoms with Gasteiger partial charge in [-0.25, -0.2) is 0 Å². The highest BCUT2D eigenvalue weighted by molar-refractivity contribution is 5.81. The maximum Gasteiger partial charge on any atom is 0.389 e. The Labute approximate surface area is 121 Å². The molecule has 0 aliphatic rings. The summed E-state index contributed by atoms with van der Waals surface area (Å²) in [7, 11) is 0. The van der Waals surface area contributed by atoms with Crippen molar-refractivity contribution in [1.82, 2.24) is 5.32 Å². The van der Waals surface area contributed by atoms with Gasteiger partial charge in [-0.05, 0) is 37.0 Å². The van der Waals surface area contributed by atoms with Crippen LogP contribution in [-0.4, -0.2) is 29.8 Å². The van der Waals surface area contributed by atoms with Gasteiger partial charge in [-0.2, -0.15) is 13.2 Å². The van der Waals surface area contributed by atoms with Crippen LogP contribution in [0.4, 0.5) is 13.2 Å². The van der Waals surface area contributed by atoms with Crippen molar-refractivity contribution in [3.63, 3.8) is 0 Å². The quantitative estimate of drug-likeness (QED) is 0.675. The standard InChI is InChI=1S/C14H19F3N2O2/c15-14(16,17)7-1-2-8-19-13(21)12(18)9-10-3-5-11(20)6-4-10/h3-6,12,20H,1-2,7-9,18H2,(H,19,21). The molecule has 1 aromatic carbocycles. The Hall–Kier alpha value is -1.76. The van der Waals surface area contributed by atoms with Crippen LogP contribution < -0.4 is 11.1 Å². The number of unbranched alkanes of at least 4 members (excludes halogenated alkanes) is 1. The fourth-order valence-corrected chi connectivity index (χ4v) is 1.77. The first-order valence-electron chi connectivity index (χ1n) is 6.66. The van der Waals surface area contributed by atoms with Crippen molar-refractivity contribution in [2.24, 2.45) is 5.73 Å². The van der Waals surface area contributed by atoms with Crippen LogP contribution in [0.15, 0.2) is 24.3 Å². The SMILES string of the molecule is NC(Cc1ccc(O)cc1)C(=O)NCCCCC(F)(F)F. The molecule has 4 nitrogen and oxygen atoms in total. The first kappa shape index (κ1) is 17.3. The van der Waals surface area contributed by atoms with Crippen LogP contribution in [0.1, 0.15) is 24.8 Å². The molecule has 0 bridgehead atoms. The van der Waals surface area contributed by atoms with Gasteiger partial charge in [0, 0.05) is 13.0 Å². The first-order valence-corrected chi connectivity index (χ1v) is 6.66. The minimum Gasteiger partial charge on any atom is -0.508 e. The summed E-state index contributed by atoms with van der Waals surface area (Å²) in [4.78, 5) is 11.7. The van der Waals surface area contributed by atoms with Crippen LogP contribution in [0.2, 0.25) is 0 Å². The Morgan fingerprint density at radius 2 is 1.86 bits per heavy atom. The van der Waals surface area contributed by atoms with Gasteiger partial charge in [0.1, 0.15) is 5.75 Å². The lowest BCUT2D eigenvalue weighted by Gasteiger charge is -2.12. The number of aromatic hydroxyl groups is 1. The zero-order chi connectivity index (χ0) is 15.9. The number of amides is 1. The third-order valence-corrected chi connectivity index (χ3v) is 2.91. The number of phenols is 1. The van der Waals surface area contributed by atoms with Gasteiger partial charge in [0.05, 0.1) is 6.04 Å². The van der Waals surface area contributed by atoms with Crippen LogP contribution in [0.3, 0.4) is 0 Å². The van der Waals surface area contributed by atoms with Crippen molar-refractivity contribution in [1.29, 1.82) is 0 Å². The molecular weight excluding hydrogens is 285 g/mol.